The highest BCUT2D eigenvalue weighted by atomic mass is 16.4. The van der Waals surface area contributed by atoms with E-state index < -0.39 is 5.97 Å². The fraction of sp³-hybridized carbons (Fsp3) is 0.846. The number of carboxylic acids is 1. The van der Waals surface area contributed by atoms with Gasteiger partial charge < -0.3 is 14.9 Å². The maximum absolute atomic E-state index is 12.5. The molecule has 0 aromatic heterocycles. The number of rotatable bonds is 3. The Morgan fingerprint density at radius 3 is 2.17 bits per heavy atom. The summed E-state index contributed by atoms with van der Waals surface area (Å²) in [6.07, 6.45) is 5.06. The molecule has 1 aliphatic carbocycles. The van der Waals surface area contributed by atoms with E-state index in [0.717, 1.165) is 32.1 Å². The topological polar surface area (TPSA) is 60.9 Å². The van der Waals surface area contributed by atoms with Crippen LogP contribution in [0.15, 0.2) is 0 Å². The number of nitrogens with zero attached hydrogens (tertiary/aromatic N) is 2. The molecular formula is C13H22N2O3. The average molecular weight is 254 g/mol. The zero-order valence-electron chi connectivity index (χ0n) is 11.1. The molecule has 0 radical (unpaired) electrons. The highest BCUT2D eigenvalue weighted by Gasteiger charge is 2.39. The largest absolute Gasteiger partial charge is 0.480 e. The van der Waals surface area contributed by atoms with E-state index >= 15 is 0 Å². The minimum atomic E-state index is -0.924. The van der Waals surface area contributed by atoms with Gasteiger partial charge in [-0.15, -0.1) is 0 Å². The SMILES string of the molecule is CC1CCCC(C)N1C(=O)N(CC(=O)O)C1CC1. The van der Waals surface area contributed by atoms with Gasteiger partial charge in [0.05, 0.1) is 0 Å². The van der Waals surface area contributed by atoms with Gasteiger partial charge in [-0.05, 0) is 46.0 Å². The fourth-order valence-electron chi connectivity index (χ4n) is 2.83. The number of piperidine rings is 1. The van der Waals surface area contributed by atoms with Gasteiger partial charge in [0.25, 0.3) is 0 Å². The monoisotopic (exact) mass is 254 g/mol. The summed E-state index contributed by atoms with van der Waals surface area (Å²) in [5.74, 6) is -0.924. The molecule has 0 spiro atoms. The Morgan fingerprint density at radius 2 is 1.72 bits per heavy atom. The van der Waals surface area contributed by atoms with Crippen LogP contribution >= 0.6 is 0 Å². The molecule has 0 bridgehead atoms. The molecule has 0 aromatic carbocycles. The van der Waals surface area contributed by atoms with E-state index in [2.05, 4.69) is 13.8 Å². The van der Waals surface area contributed by atoms with Gasteiger partial charge in [0, 0.05) is 18.1 Å². The molecule has 2 aliphatic rings. The minimum absolute atomic E-state index is 0.0837. The Morgan fingerprint density at radius 1 is 1.17 bits per heavy atom. The van der Waals surface area contributed by atoms with Crippen LogP contribution in [0.5, 0.6) is 0 Å². The molecule has 102 valence electrons. The van der Waals surface area contributed by atoms with E-state index in [9.17, 15) is 9.59 Å². The maximum Gasteiger partial charge on any atom is 0.323 e. The van der Waals surface area contributed by atoms with Crippen LogP contribution in [0, 0.1) is 0 Å². The smallest absolute Gasteiger partial charge is 0.323 e. The van der Waals surface area contributed by atoms with Crippen molar-refractivity contribution >= 4 is 12.0 Å². The second-order valence-electron chi connectivity index (χ2n) is 5.57. The summed E-state index contributed by atoms with van der Waals surface area (Å²) in [5, 5.41) is 8.93. The first-order valence-electron chi connectivity index (χ1n) is 6.81. The number of likely N-dealkylation sites (tertiary alicyclic amines) is 1. The third-order valence-electron chi connectivity index (χ3n) is 3.95. The van der Waals surface area contributed by atoms with Gasteiger partial charge in [0.1, 0.15) is 6.54 Å². The minimum Gasteiger partial charge on any atom is -0.480 e. The van der Waals surface area contributed by atoms with Crippen molar-refractivity contribution in [3.05, 3.63) is 0 Å². The molecule has 0 aromatic rings. The van der Waals surface area contributed by atoms with E-state index in [1.807, 2.05) is 4.90 Å². The van der Waals surface area contributed by atoms with Crippen LogP contribution in [0.1, 0.15) is 46.0 Å². The van der Waals surface area contributed by atoms with Gasteiger partial charge in [-0.3, -0.25) is 4.79 Å². The van der Waals surface area contributed by atoms with E-state index in [1.165, 1.54) is 0 Å². The number of carbonyl (C=O) groups excluding carboxylic acids is 1. The van der Waals surface area contributed by atoms with Gasteiger partial charge in [0.15, 0.2) is 0 Å². The highest BCUT2D eigenvalue weighted by Crippen LogP contribution is 2.30. The summed E-state index contributed by atoms with van der Waals surface area (Å²) in [4.78, 5) is 26.8. The van der Waals surface area contributed by atoms with Crippen LogP contribution in [-0.4, -0.2) is 51.6 Å². The predicted octanol–water partition coefficient (Wildman–Crippen LogP) is 1.92. The van der Waals surface area contributed by atoms with Gasteiger partial charge in [-0.25, -0.2) is 4.79 Å². The van der Waals surface area contributed by atoms with Crippen LogP contribution in [-0.2, 0) is 4.79 Å². The van der Waals surface area contributed by atoms with Gasteiger partial charge in [0.2, 0.25) is 0 Å². The summed E-state index contributed by atoms with van der Waals surface area (Å²) in [6, 6.07) is 0.502. The number of hydrogen-bond acceptors (Lipinski definition) is 2. The first-order valence-corrected chi connectivity index (χ1v) is 6.81. The van der Waals surface area contributed by atoms with Crippen molar-refractivity contribution in [1.82, 2.24) is 9.80 Å². The second-order valence-corrected chi connectivity index (χ2v) is 5.57. The first kappa shape index (κ1) is 13.2. The Labute approximate surface area is 108 Å². The lowest BCUT2D eigenvalue weighted by molar-refractivity contribution is -0.138. The van der Waals surface area contributed by atoms with Gasteiger partial charge >= 0.3 is 12.0 Å². The number of urea groups is 1. The molecule has 5 nitrogen and oxygen atoms in total. The fourth-order valence-corrected chi connectivity index (χ4v) is 2.83. The molecule has 1 aliphatic heterocycles. The molecule has 1 saturated carbocycles. The van der Waals surface area contributed by atoms with Gasteiger partial charge in [-0.1, -0.05) is 0 Å². The first-order chi connectivity index (χ1) is 8.50. The second kappa shape index (κ2) is 5.16. The predicted molar refractivity (Wildman–Crippen MR) is 67.4 cm³/mol. The van der Waals surface area contributed by atoms with Crippen molar-refractivity contribution < 1.29 is 14.7 Å². The lowest BCUT2D eigenvalue weighted by atomic mass is 9.98. The van der Waals surface area contributed by atoms with Crippen LogP contribution in [0.3, 0.4) is 0 Å². The normalized spacial score (nSPS) is 28.0. The van der Waals surface area contributed by atoms with E-state index in [4.69, 9.17) is 5.11 Å². The van der Waals surface area contributed by atoms with Crippen LogP contribution in [0.25, 0.3) is 0 Å². The van der Waals surface area contributed by atoms with Crippen molar-refractivity contribution in [2.75, 3.05) is 6.54 Å². The number of amides is 2. The molecule has 2 atom stereocenters. The molecular weight excluding hydrogens is 232 g/mol. The van der Waals surface area contributed by atoms with Crippen LogP contribution in [0.4, 0.5) is 4.79 Å². The molecule has 18 heavy (non-hydrogen) atoms. The average Bonchev–Trinajstić information content (AvgIpc) is 3.09. The van der Waals surface area contributed by atoms with Gasteiger partial charge in [-0.2, -0.15) is 0 Å². The number of aliphatic carboxylic acids is 1. The van der Waals surface area contributed by atoms with Crippen molar-refractivity contribution in [3.8, 4) is 0 Å². The molecule has 2 rings (SSSR count). The molecule has 2 unspecified atom stereocenters. The van der Waals surface area contributed by atoms with E-state index in [-0.39, 0.29) is 30.7 Å². The number of hydrogen-bond donors (Lipinski definition) is 1. The molecule has 5 heteroatoms. The Hall–Kier alpha value is -1.26. The van der Waals surface area contributed by atoms with Crippen LogP contribution < -0.4 is 0 Å². The Bertz CT molecular complexity index is 331. The summed E-state index contributed by atoms with van der Waals surface area (Å²) in [6.45, 7) is 3.94. The molecule has 1 saturated heterocycles. The Balaban J connectivity index is 2.08. The molecule has 2 amide bonds. The van der Waals surface area contributed by atoms with Crippen LogP contribution in [0.2, 0.25) is 0 Å². The third-order valence-corrected chi connectivity index (χ3v) is 3.95. The quantitative estimate of drug-likeness (QED) is 0.837. The summed E-state index contributed by atoms with van der Waals surface area (Å²) < 4.78 is 0. The highest BCUT2D eigenvalue weighted by molar-refractivity contribution is 5.81. The zero-order chi connectivity index (χ0) is 13.3. The summed E-state index contributed by atoms with van der Waals surface area (Å²) >= 11 is 0. The number of carboxylic acid groups (broad SMARTS) is 1. The standard InChI is InChI=1S/C13H22N2O3/c1-9-4-3-5-10(2)15(9)13(18)14(8-12(16)17)11-6-7-11/h9-11H,3-8H2,1-2H3,(H,16,17). The van der Waals surface area contributed by atoms with Crippen molar-refractivity contribution in [1.29, 1.82) is 0 Å². The van der Waals surface area contributed by atoms with E-state index in [1.54, 1.807) is 4.90 Å². The summed E-state index contributed by atoms with van der Waals surface area (Å²) in [7, 11) is 0. The molecule has 2 fully saturated rings. The molecule has 1 heterocycles. The van der Waals surface area contributed by atoms with E-state index in [0.29, 0.717) is 0 Å². The lowest BCUT2D eigenvalue weighted by Crippen LogP contribution is -2.54. The molecule has 1 N–H and O–H groups in total. The summed E-state index contributed by atoms with van der Waals surface area (Å²) in [5.41, 5.74) is 0. The van der Waals surface area contributed by atoms with Crippen molar-refractivity contribution in [3.63, 3.8) is 0 Å². The maximum atomic E-state index is 12.5. The lowest BCUT2D eigenvalue weighted by Gasteiger charge is -2.41. The van der Waals surface area contributed by atoms with Crippen molar-refractivity contribution in [2.45, 2.75) is 64.1 Å². The third kappa shape index (κ3) is 2.76. The van der Waals surface area contributed by atoms with Crippen molar-refractivity contribution in [2.24, 2.45) is 0 Å². The number of carbonyl (C=O) groups is 2. The Kier molecular flexibility index (Phi) is 3.78. The zero-order valence-corrected chi connectivity index (χ0v) is 11.1.